The second-order valence-electron chi connectivity index (χ2n) is 8.07. The van der Waals surface area contributed by atoms with Crippen LogP contribution in [0.5, 0.6) is 0 Å². The van der Waals surface area contributed by atoms with Gasteiger partial charge in [-0.15, -0.1) is 0 Å². The molecule has 29 heavy (non-hydrogen) atoms. The zero-order chi connectivity index (χ0) is 22.0. The lowest BCUT2D eigenvalue weighted by atomic mass is 9.72. The molecule has 0 aromatic rings. The second-order valence-corrected chi connectivity index (χ2v) is 8.07. The Morgan fingerprint density at radius 2 is 1.83 bits per heavy atom. The first-order chi connectivity index (χ1) is 13.5. The molecule has 0 saturated carbocycles. The lowest BCUT2D eigenvalue weighted by Crippen LogP contribution is -2.20. The Labute approximate surface area is 173 Å². The van der Waals surface area contributed by atoms with Crippen LogP contribution in [-0.4, -0.2) is 29.4 Å². The van der Waals surface area contributed by atoms with Crippen LogP contribution in [0.2, 0.25) is 0 Å². The topological polar surface area (TPSA) is 80.7 Å². The average molecular weight is 401 g/mol. The highest BCUT2D eigenvalue weighted by Crippen LogP contribution is 2.40. The summed E-state index contributed by atoms with van der Waals surface area (Å²) in [6, 6.07) is 0. The van der Waals surface area contributed by atoms with Gasteiger partial charge in [-0.3, -0.25) is 9.59 Å². The van der Waals surface area contributed by atoms with Gasteiger partial charge in [0.1, 0.15) is 13.0 Å². The molecular formula is C24H32O5. The summed E-state index contributed by atoms with van der Waals surface area (Å²) >= 11 is 0. The number of hydrogen-bond donors (Lipinski definition) is 1. The van der Waals surface area contributed by atoms with Gasteiger partial charge in [-0.1, -0.05) is 60.9 Å². The fourth-order valence-corrected chi connectivity index (χ4v) is 3.24. The van der Waals surface area contributed by atoms with Crippen molar-refractivity contribution in [2.75, 3.05) is 6.61 Å². The number of ether oxygens (including phenoxy) is 1. The molecule has 1 N–H and O–H groups in total. The van der Waals surface area contributed by atoms with Crippen molar-refractivity contribution >= 4 is 17.7 Å². The number of carboxylic acids is 1. The third kappa shape index (κ3) is 8.90. The number of hydrogen-bond acceptors (Lipinski definition) is 4. The van der Waals surface area contributed by atoms with Gasteiger partial charge in [-0.25, -0.2) is 4.79 Å². The van der Waals surface area contributed by atoms with Crippen molar-refractivity contribution in [2.45, 2.75) is 60.3 Å². The van der Waals surface area contributed by atoms with Crippen molar-refractivity contribution in [3.63, 3.8) is 0 Å². The first kappa shape index (κ1) is 24.3. The van der Waals surface area contributed by atoms with Crippen LogP contribution in [0.3, 0.4) is 0 Å². The Hall–Kier alpha value is -2.69. The first-order valence-corrected chi connectivity index (χ1v) is 9.84. The van der Waals surface area contributed by atoms with Crippen LogP contribution >= 0.6 is 0 Å². The molecule has 0 aromatic heterocycles. The first-order valence-electron chi connectivity index (χ1n) is 9.84. The lowest BCUT2D eigenvalue weighted by Gasteiger charge is -2.32. The Morgan fingerprint density at radius 3 is 2.45 bits per heavy atom. The fourth-order valence-electron chi connectivity index (χ4n) is 3.24. The number of ketones is 1. The van der Waals surface area contributed by atoms with E-state index in [1.54, 1.807) is 6.08 Å². The molecule has 0 atom stereocenters. The lowest BCUT2D eigenvalue weighted by molar-refractivity contribution is -0.155. The van der Waals surface area contributed by atoms with Crippen molar-refractivity contribution in [1.82, 2.24) is 0 Å². The highest BCUT2D eigenvalue weighted by Gasteiger charge is 2.26. The molecule has 0 aromatic carbocycles. The summed E-state index contributed by atoms with van der Waals surface area (Å²) < 4.78 is 4.74. The Morgan fingerprint density at radius 1 is 1.14 bits per heavy atom. The zero-order valence-electron chi connectivity index (χ0n) is 18.1. The molecule has 1 rings (SSSR count). The van der Waals surface area contributed by atoms with Crippen LogP contribution in [-0.2, 0) is 19.1 Å². The predicted octanol–water partition coefficient (Wildman–Crippen LogP) is 5.11. The summed E-state index contributed by atoms with van der Waals surface area (Å²) in [5, 5.41) is 8.48. The number of carbonyl (C=O) groups excluding carboxylic acids is 2. The molecule has 0 radical (unpaired) electrons. The number of allylic oxidation sites excluding steroid dienone is 9. The Kier molecular flexibility index (Phi) is 9.53. The molecule has 1 aliphatic rings. The standard InChI is InChI=1S/C24H32O5/c1-17(11-12-20-19(3)10-7-14-24(20,4)5)8-6-9-18(2)13-15-29-23(28)21(25)16-22(26)27/h6,8-9,11-13H,7,10,14-16H2,1-5H3,(H,26,27)/b9-6+,12-11+,17-8-,18-13+. The number of carbonyl (C=O) groups is 3. The Balaban J connectivity index is 2.58. The average Bonchev–Trinajstić information content (AvgIpc) is 2.60. The van der Waals surface area contributed by atoms with E-state index in [4.69, 9.17) is 9.84 Å². The van der Waals surface area contributed by atoms with E-state index in [-0.39, 0.29) is 12.0 Å². The molecule has 0 amide bonds. The highest BCUT2D eigenvalue weighted by molar-refractivity contribution is 6.36. The minimum Gasteiger partial charge on any atom is -0.481 e. The maximum absolute atomic E-state index is 11.3. The number of aliphatic carboxylic acids is 1. The summed E-state index contributed by atoms with van der Waals surface area (Å²) in [7, 11) is 0. The maximum Gasteiger partial charge on any atom is 0.375 e. The van der Waals surface area contributed by atoms with E-state index in [2.05, 4.69) is 32.9 Å². The molecule has 0 bridgehead atoms. The van der Waals surface area contributed by atoms with E-state index in [1.807, 2.05) is 32.1 Å². The minimum absolute atomic E-state index is 0.0779. The van der Waals surface area contributed by atoms with Crippen molar-refractivity contribution in [1.29, 1.82) is 0 Å². The molecule has 1 aliphatic carbocycles. The van der Waals surface area contributed by atoms with Crippen LogP contribution in [0, 0.1) is 5.41 Å². The number of rotatable bonds is 9. The summed E-state index contributed by atoms with van der Waals surface area (Å²) in [4.78, 5) is 32.9. The molecule has 0 saturated heterocycles. The summed E-state index contributed by atoms with van der Waals surface area (Å²) in [6.07, 6.45) is 14.6. The SMILES string of the molecule is CC1=C(/C=C/C(C)=C\C=C\C(C)=C\COC(=O)C(=O)CC(=O)O)C(C)(C)CCC1. The highest BCUT2D eigenvalue weighted by atomic mass is 16.5. The van der Waals surface area contributed by atoms with Gasteiger partial charge in [0, 0.05) is 0 Å². The molecule has 5 heteroatoms. The van der Waals surface area contributed by atoms with Gasteiger partial charge in [-0.2, -0.15) is 0 Å². The van der Waals surface area contributed by atoms with Gasteiger partial charge in [0.15, 0.2) is 0 Å². The van der Waals surface area contributed by atoms with Crippen molar-refractivity contribution in [3.05, 3.63) is 58.7 Å². The van der Waals surface area contributed by atoms with Crippen LogP contribution < -0.4 is 0 Å². The normalized spacial score (nSPS) is 17.8. The van der Waals surface area contributed by atoms with Gasteiger partial charge in [0.2, 0.25) is 0 Å². The summed E-state index contributed by atoms with van der Waals surface area (Å²) in [5.74, 6) is -3.54. The number of esters is 1. The van der Waals surface area contributed by atoms with Crippen molar-refractivity contribution in [3.8, 4) is 0 Å². The van der Waals surface area contributed by atoms with E-state index in [1.165, 1.54) is 30.4 Å². The van der Waals surface area contributed by atoms with Gasteiger partial charge < -0.3 is 9.84 Å². The summed E-state index contributed by atoms with van der Waals surface area (Å²) in [5.41, 5.74) is 5.11. The van der Waals surface area contributed by atoms with Crippen LogP contribution in [0.25, 0.3) is 0 Å². The van der Waals surface area contributed by atoms with Gasteiger partial charge in [0.05, 0.1) is 0 Å². The quantitative estimate of drug-likeness (QED) is 0.252. The van der Waals surface area contributed by atoms with Crippen LogP contribution in [0.1, 0.15) is 60.3 Å². The molecule has 0 unspecified atom stereocenters. The molecule has 5 nitrogen and oxygen atoms in total. The molecular weight excluding hydrogens is 368 g/mol. The maximum atomic E-state index is 11.3. The largest absolute Gasteiger partial charge is 0.481 e. The van der Waals surface area contributed by atoms with Crippen LogP contribution in [0.15, 0.2) is 58.7 Å². The molecule has 158 valence electrons. The van der Waals surface area contributed by atoms with Gasteiger partial charge >= 0.3 is 11.9 Å². The molecule has 0 aliphatic heterocycles. The van der Waals surface area contributed by atoms with Crippen LogP contribution in [0.4, 0.5) is 0 Å². The van der Waals surface area contributed by atoms with Gasteiger partial charge in [0.25, 0.3) is 5.78 Å². The van der Waals surface area contributed by atoms with Gasteiger partial charge in [-0.05, 0) is 57.1 Å². The fraction of sp³-hybridized carbons (Fsp3) is 0.458. The molecule has 0 spiro atoms. The van der Waals surface area contributed by atoms with E-state index < -0.39 is 24.1 Å². The van der Waals surface area contributed by atoms with E-state index in [9.17, 15) is 14.4 Å². The molecule has 0 heterocycles. The second kappa shape index (κ2) is 11.3. The smallest absolute Gasteiger partial charge is 0.375 e. The zero-order valence-corrected chi connectivity index (χ0v) is 18.1. The van der Waals surface area contributed by atoms with Crippen molar-refractivity contribution in [2.24, 2.45) is 5.41 Å². The minimum atomic E-state index is -1.35. The monoisotopic (exact) mass is 400 g/mol. The number of Topliss-reactive ketones (excluding diaryl/α,β-unsaturated/α-hetero) is 1. The molecule has 0 fully saturated rings. The third-order valence-electron chi connectivity index (χ3n) is 4.93. The third-order valence-corrected chi connectivity index (χ3v) is 4.93. The van der Waals surface area contributed by atoms with E-state index >= 15 is 0 Å². The number of carboxylic acid groups (broad SMARTS) is 1. The van der Waals surface area contributed by atoms with Crippen molar-refractivity contribution < 1.29 is 24.2 Å². The summed E-state index contributed by atoms with van der Waals surface area (Å²) in [6.45, 7) is 10.6. The van der Waals surface area contributed by atoms with E-state index in [0.29, 0.717) is 0 Å². The van der Waals surface area contributed by atoms with E-state index in [0.717, 1.165) is 11.1 Å². The Bertz CT molecular complexity index is 788. The predicted molar refractivity (Wildman–Crippen MR) is 114 cm³/mol.